The van der Waals surface area contributed by atoms with Gasteiger partial charge in [0.15, 0.2) is 0 Å². The molecule has 2 saturated heterocycles. The highest BCUT2D eigenvalue weighted by atomic mass is 35.5. The van der Waals surface area contributed by atoms with Crippen molar-refractivity contribution >= 4 is 39.8 Å². The molecule has 1 aliphatic carbocycles. The van der Waals surface area contributed by atoms with Crippen molar-refractivity contribution in [2.24, 2.45) is 17.3 Å². The molecule has 0 bridgehead atoms. The number of hydrogen-bond acceptors (Lipinski definition) is 5. The molecule has 3 heterocycles. The standard InChI is InChI=1S/C23H25ClN4O2/c24-19-9-17-14-26-21(27-22(29)18-12-23(18)3-7-30-8-4-23)11-16(17)10-20(19)28-5-1-15(13-25)2-6-28/h9-11,14-15,18H,1-8,12H2,(H,26,27,29). The fraction of sp³-hybridized carbons (Fsp3) is 0.522. The van der Waals surface area contributed by atoms with E-state index in [-0.39, 0.29) is 23.2 Å². The number of rotatable bonds is 3. The van der Waals surface area contributed by atoms with Crippen molar-refractivity contribution in [1.29, 1.82) is 5.26 Å². The first-order valence-electron chi connectivity index (χ1n) is 10.7. The molecule has 1 atom stereocenters. The van der Waals surface area contributed by atoms with E-state index in [9.17, 15) is 4.79 Å². The molecule has 2 aliphatic heterocycles. The smallest absolute Gasteiger partial charge is 0.229 e. The Balaban J connectivity index is 1.33. The van der Waals surface area contributed by atoms with Gasteiger partial charge in [0.25, 0.3) is 0 Å². The van der Waals surface area contributed by atoms with Gasteiger partial charge in [0, 0.05) is 49.7 Å². The van der Waals surface area contributed by atoms with Crippen LogP contribution in [0.1, 0.15) is 32.1 Å². The molecule has 3 aliphatic rings. The van der Waals surface area contributed by atoms with Crippen LogP contribution in [0.15, 0.2) is 24.4 Å². The van der Waals surface area contributed by atoms with E-state index in [0.29, 0.717) is 10.8 Å². The van der Waals surface area contributed by atoms with Crippen LogP contribution in [0.5, 0.6) is 0 Å². The quantitative estimate of drug-likeness (QED) is 0.790. The average molecular weight is 425 g/mol. The highest BCUT2D eigenvalue weighted by Crippen LogP contribution is 2.59. The Bertz CT molecular complexity index is 1020. The molecule has 156 valence electrons. The number of anilines is 2. The minimum atomic E-state index is 0.0662. The molecular weight excluding hydrogens is 400 g/mol. The summed E-state index contributed by atoms with van der Waals surface area (Å²) < 4.78 is 5.45. The molecule has 30 heavy (non-hydrogen) atoms. The summed E-state index contributed by atoms with van der Waals surface area (Å²) in [5.41, 5.74) is 1.13. The summed E-state index contributed by atoms with van der Waals surface area (Å²) in [5, 5.41) is 14.8. The van der Waals surface area contributed by atoms with E-state index in [1.54, 1.807) is 6.20 Å². The number of pyridine rings is 1. The lowest BCUT2D eigenvalue weighted by Crippen LogP contribution is -2.33. The number of carbonyl (C=O) groups excluding carboxylic acids is 1. The summed E-state index contributed by atoms with van der Waals surface area (Å²) in [5.74, 6) is 0.851. The van der Waals surface area contributed by atoms with Gasteiger partial charge in [-0.2, -0.15) is 5.26 Å². The molecule has 2 aromatic rings. The van der Waals surface area contributed by atoms with Crippen molar-refractivity contribution in [2.45, 2.75) is 32.1 Å². The Hall–Kier alpha value is -2.36. The van der Waals surface area contributed by atoms with Crippen LogP contribution in [0.25, 0.3) is 10.8 Å². The van der Waals surface area contributed by atoms with Gasteiger partial charge in [-0.15, -0.1) is 0 Å². The van der Waals surface area contributed by atoms with Gasteiger partial charge < -0.3 is 15.0 Å². The minimum Gasteiger partial charge on any atom is -0.381 e. The fourth-order valence-electron chi connectivity index (χ4n) is 4.98. The number of benzene rings is 1. The first-order valence-corrected chi connectivity index (χ1v) is 11.1. The lowest BCUT2D eigenvalue weighted by atomic mass is 9.93. The van der Waals surface area contributed by atoms with Crippen molar-refractivity contribution in [1.82, 2.24) is 4.98 Å². The normalized spacial score (nSPS) is 23.3. The van der Waals surface area contributed by atoms with E-state index < -0.39 is 0 Å². The predicted octanol–water partition coefficient (Wildman–Crippen LogP) is 4.38. The van der Waals surface area contributed by atoms with Crippen molar-refractivity contribution < 1.29 is 9.53 Å². The summed E-state index contributed by atoms with van der Waals surface area (Å²) in [4.78, 5) is 19.4. The number of amides is 1. The summed E-state index contributed by atoms with van der Waals surface area (Å²) in [6.45, 7) is 3.16. The van der Waals surface area contributed by atoms with E-state index in [0.717, 1.165) is 74.9 Å². The van der Waals surface area contributed by atoms with Gasteiger partial charge in [-0.25, -0.2) is 4.98 Å². The van der Waals surface area contributed by atoms with Gasteiger partial charge in [0.1, 0.15) is 5.82 Å². The number of nitriles is 1. The molecule has 5 rings (SSSR count). The van der Waals surface area contributed by atoms with Gasteiger partial charge in [-0.05, 0) is 61.1 Å². The number of halogens is 1. The van der Waals surface area contributed by atoms with E-state index >= 15 is 0 Å². The second kappa shape index (κ2) is 7.72. The SMILES string of the molecule is N#CC1CCN(c2cc3cc(NC(=O)C4CC45CCOCC5)ncc3cc2Cl)CC1. The Labute approximate surface area is 181 Å². The van der Waals surface area contributed by atoms with Crippen LogP contribution in [0, 0.1) is 28.6 Å². The number of nitrogens with one attached hydrogen (secondary N) is 1. The Morgan fingerprint density at radius 2 is 2.00 bits per heavy atom. The lowest BCUT2D eigenvalue weighted by molar-refractivity contribution is -0.118. The molecular formula is C23H25ClN4O2. The molecule has 1 aromatic carbocycles. The van der Waals surface area contributed by atoms with E-state index in [1.807, 2.05) is 12.1 Å². The maximum Gasteiger partial charge on any atom is 0.229 e. The third-order valence-electron chi connectivity index (χ3n) is 7.05. The number of ether oxygens (including phenoxy) is 1. The molecule has 3 fully saturated rings. The molecule has 1 N–H and O–H groups in total. The second-order valence-corrected chi connectivity index (χ2v) is 9.24. The van der Waals surface area contributed by atoms with Crippen LogP contribution in [0.4, 0.5) is 11.5 Å². The third-order valence-corrected chi connectivity index (χ3v) is 7.35. The van der Waals surface area contributed by atoms with Gasteiger partial charge in [-0.3, -0.25) is 4.79 Å². The van der Waals surface area contributed by atoms with Crippen LogP contribution < -0.4 is 10.2 Å². The molecule has 6 nitrogen and oxygen atoms in total. The Morgan fingerprint density at radius 1 is 1.23 bits per heavy atom. The maximum atomic E-state index is 12.8. The average Bonchev–Trinajstić information content (AvgIpc) is 3.47. The minimum absolute atomic E-state index is 0.0662. The van der Waals surface area contributed by atoms with Gasteiger partial charge in [-0.1, -0.05) is 11.6 Å². The molecule has 7 heteroatoms. The fourth-order valence-corrected chi connectivity index (χ4v) is 5.27. The number of piperidine rings is 1. The number of nitrogens with zero attached hydrogens (tertiary/aromatic N) is 3. The van der Waals surface area contributed by atoms with E-state index in [4.69, 9.17) is 21.6 Å². The number of fused-ring (bicyclic) bond motifs is 1. The zero-order valence-corrected chi connectivity index (χ0v) is 17.6. The molecule has 0 radical (unpaired) electrons. The van der Waals surface area contributed by atoms with Crippen LogP contribution in [-0.2, 0) is 9.53 Å². The zero-order valence-electron chi connectivity index (χ0n) is 16.9. The Kier molecular flexibility index (Phi) is 5.04. The third kappa shape index (κ3) is 3.61. The zero-order chi connectivity index (χ0) is 20.7. The van der Waals surface area contributed by atoms with Crippen LogP contribution in [0.3, 0.4) is 0 Å². The van der Waals surface area contributed by atoms with Crippen molar-refractivity contribution in [3.63, 3.8) is 0 Å². The summed E-state index contributed by atoms with van der Waals surface area (Å²) in [7, 11) is 0. The molecule has 1 spiro atoms. The van der Waals surface area contributed by atoms with Crippen molar-refractivity contribution in [3.05, 3.63) is 29.4 Å². The van der Waals surface area contributed by atoms with Crippen molar-refractivity contribution in [3.8, 4) is 6.07 Å². The monoisotopic (exact) mass is 424 g/mol. The largest absolute Gasteiger partial charge is 0.381 e. The van der Waals surface area contributed by atoms with Gasteiger partial charge in [0.05, 0.1) is 16.8 Å². The summed E-state index contributed by atoms with van der Waals surface area (Å²) >= 11 is 6.55. The summed E-state index contributed by atoms with van der Waals surface area (Å²) in [6.07, 6.45) is 6.38. The predicted molar refractivity (Wildman–Crippen MR) is 117 cm³/mol. The molecule has 1 aromatic heterocycles. The van der Waals surface area contributed by atoms with Crippen molar-refractivity contribution in [2.75, 3.05) is 36.5 Å². The first-order chi connectivity index (χ1) is 14.6. The number of hydrogen-bond donors (Lipinski definition) is 1. The van der Waals surface area contributed by atoms with Gasteiger partial charge >= 0.3 is 0 Å². The highest BCUT2D eigenvalue weighted by Gasteiger charge is 2.58. The van der Waals surface area contributed by atoms with Crippen LogP contribution >= 0.6 is 11.6 Å². The van der Waals surface area contributed by atoms with Crippen LogP contribution in [0.2, 0.25) is 5.02 Å². The molecule has 1 amide bonds. The second-order valence-electron chi connectivity index (χ2n) is 8.83. The molecule has 1 unspecified atom stereocenters. The number of carbonyl (C=O) groups is 1. The van der Waals surface area contributed by atoms with E-state index in [1.165, 1.54) is 0 Å². The first kappa shape index (κ1) is 19.6. The van der Waals surface area contributed by atoms with Crippen LogP contribution in [-0.4, -0.2) is 37.2 Å². The Morgan fingerprint density at radius 3 is 2.73 bits per heavy atom. The van der Waals surface area contributed by atoms with E-state index in [2.05, 4.69) is 27.3 Å². The maximum absolute atomic E-state index is 12.8. The lowest BCUT2D eigenvalue weighted by Gasteiger charge is -2.32. The summed E-state index contributed by atoms with van der Waals surface area (Å²) in [6, 6.07) is 8.29. The topological polar surface area (TPSA) is 78.2 Å². The molecule has 1 saturated carbocycles. The highest BCUT2D eigenvalue weighted by molar-refractivity contribution is 6.34. The van der Waals surface area contributed by atoms with Gasteiger partial charge in [0.2, 0.25) is 5.91 Å². The number of aromatic nitrogens is 1.